The molecular formula is C15H21N5. The summed E-state index contributed by atoms with van der Waals surface area (Å²) in [6, 6.07) is 8.80. The van der Waals surface area contributed by atoms with Gasteiger partial charge < -0.3 is 10.6 Å². The summed E-state index contributed by atoms with van der Waals surface area (Å²) in [7, 11) is 4.12. The molecule has 5 nitrogen and oxygen atoms in total. The van der Waals surface area contributed by atoms with E-state index < -0.39 is 0 Å². The number of nitrogen functional groups attached to an aromatic ring is 1. The molecule has 0 saturated heterocycles. The van der Waals surface area contributed by atoms with Crippen molar-refractivity contribution in [2.24, 2.45) is 5.92 Å². The lowest BCUT2D eigenvalue weighted by atomic mass is 9.83. The quantitative estimate of drug-likeness (QED) is 0.906. The van der Waals surface area contributed by atoms with Crippen molar-refractivity contribution in [3.8, 4) is 0 Å². The summed E-state index contributed by atoms with van der Waals surface area (Å²) >= 11 is 0. The molecule has 0 spiro atoms. The zero-order valence-electron chi connectivity index (χ0n) is 12.2. The highest BCUT2D eigenvalue weighted by Crippen LogP contribution is 2.33. The Morgan fingerprint density at radius 3 is 2.60 bits per heavy atom. The van der Waals surface area contributed by atoms with Gasteiger partial charge in [0.15, 0.2) is 0 Å². The lowest BCUT2D eigenvalue weighted by Gasteiger charge is -2.29. The normalized spacial score (nSPS) is 21.6. The summed E-state index contributed by atoms with van der Waals surface area (Å²) in [4.78, 5) is 6.41. The van der Waals surface area contributed by atoms with E-state index in [1.54, 1.807) is 0 Å². The predicted molar refractivity (Wildman–Crippen MR) is 80.8 cm³/mol. The number of fused-ring (bicyclic) bond motifs is 1. The Kier molecular flexibility index (Phi) is 3.12. The maximum Gasteiger partial charge on any atom is 0.239 e. The molecule has 106 valence electrons. The molecule has 0 aliphatic carbocycles. The van der Waals surface area contributed by atoms with E-state index in [0.717, 1.165) is 18.8 Å². The van der Waals surface area contributed by atoms with Gasteiger partial charge in [-0.15, -0.1) is 5.10 Å². The third-order valence-electron chi connectivity index (χ3n) is 4.16. The zero-order chi connectivity index (χ0) is 14.3. The standard InChI is InChI=1S/C15H21N5/c1-10-8-14-17-15(16)18-20(14)9-13(10)11-4-6-12(7-5-11)19(2)3/h4-7,10,13H,8-9H2,1-3H3,(H2,16,18). The maximum absolute atomic E-state index is 5.69. The molecule has 2 aromatic rings. The van der Waals surface area contributed by atoms with Crippen molar-refractivity contribution < 1.29 is 0 Å². The number of hydrogen-bond acceptors (Lipinski definition) is 4. The van der Waals surface area contributed by atoms with Crippen molar-refractivity contribution in [1.82, 2.24) is 14.8 Å². The molecule has 20 heavy (non-hydrogen) atoms. The van der Waals surface area contributed by atoms with Crippen LogP contribution in [-0.2, 0) is 13.0 Å². The highest BCUT2D eigenvalue weighted by molar-refractivity contribution is 5.46. The van der Waals surface area contributed by atoms with E-state index in [2.05, 4.69) is 60.3 Å². The van der Waals surface area contributed by atoms with Crippen LogP contribution in [-0.4, -0.2) is 28.9 Å². The topological polar surface area (TPSA) is 60.0 Å². The molecule has 2 unspecified atom stereocenters. The van der Waals surface area contributed by atoms with Crippen LogP contribution in [0.1, 0.15) is 24.2 Å². The van der Waals surface area contributed by atoms with Gasteiger partial charge in [-0.25, -0.2) is 4.68 Å². The first kappa shape index (κ1) is 13.0. The van der Waals surface area contributed by atoms with E-state index in [1.165, 1.54) is 11.3 Å². The molecule has 0 radical (unpaired) electrons. The predicted octanol–water partition coefficient (Wildman–Crippen LogP) is 1.90. The smallest absolute Gasteiger partial charge is 0.239 e. The molecule has 0 amide bonds. The van der Waals surface area contributed by atoms with Crippen molar-refractivity contribution in [2.75, 3.05) is 24.7 Å². The van der Waals surface area contributed by atoms with Crippen LogP contribution in [0.3, 0.4) is 0 Å². The van der Waals surface area contributed by atoms with E-state index in [0.29, 0.717) is 17.8 Å². The molecular weight excluding hydrogens is 250 g/mol. The van der Waals surface area contributed by atoms with E-state index in [9.17, 15) is 0 Å². The molecule has 2 N–H and O–H groups in total. The number of nitrogens with two attached hydrogens (primary N) is 1. The summed E-state index contributed by atoms with van der Waals surface area (Å²) in [5.74, 6) is 2.42. The monoisotopic (exact) mass is 271 g/mol. The first-order chi connectivity index (χ1) is 9.54. The minimum atomic E-state index is 0.385. The van der Waals surface area contributed by atoms with Gasteiger partial charge in [-0.1, -0.05) is 19.1 Å². The van der Waals surface area contributed by atoms with Crippen LogP contribution in [0.15, 0.2) is 24.3 Å². The van der Waals surface area contributed by atoms with Crippen LogP contribution in [0.2, 0.25) is 0 Å². The second-order valence-electron chi connectivity index (χ2n) is 5.84. The lowest BCUT2D eigenvalue weighted by Crippen LogP contribution is -2.27. The molecule has 0 bridgehead atoms. The Bertz CT molecular complexity index is 599. The molecule has 1 aromatic carbocycles. The molecule has 0 saturated carbocycles. The molecule has 2 heterocycles. The van der Waals surface area contributed by atoms with Crippen LogP contribution in [0.25, 0.3) is 0 Å². The summed E-state index contributed by atoms with van der Waals surface area (Å²) < 4.78 is 1.96. The van der Waals surface area contributed by atoms with Crippen molar-refractivity contribution in [2.45, 2.75) is 25.8 Å². The molecule has 1 aliphatic rings. The van der Waals surface area contributed by atoms with Crippen LogP contribution >= 0.6 is 0 Å². The van der Waals surface area contributed by atoms with Gasteiger partial charge in [-0.3, -0.25) is 0 Å². The van der Waals surface area contributed by atoms with Crippen LogP contribution < -0.4 is 10.6 Å². The second kappa shape index (κ2) is 4.81. The van der Waals surface area contributed by atoms with E-state index in [1.807, 2.05) is 4.68 Å². The fraction of sp³-hybridized carbons (Fsp3) is 0.467. The van der Waals surface area contributed by atoms with Crippen molar-refractivity contribution >= 4 is 11.6 Å². The Morgan fingerprint density at radius 2 is 1.95 bits per heavy atom. The highest BCUT2D eigenvalue weighted by Gasteiger charge is 2.28. The molecule has 3 rings (SSSR count). The van der Waals surface area contributed by atoms with Gasteiger partial charge in [0.25, 0.3) is 0 Å². The van der Waals surface area contributed by atoms with E-state index >= 15 is 0 Å². The Morgan fingerprint density at radius 1 is 1.25 bits per heavy atom. The first-order valence-electron chi connectivity index (χ1n) is 7.01. The third-order valence-corrected chi connectivity index (χ3v) is 4.16. The first-order valence-corrected chi connectivity index (χ1v) is 7.01. The van der Waals surface area contributed by atoms with Gasteiger partial charge in [0, 0.05) is 32.1 Å². The molecule has 5 heteroatoms. The molecule has 0 fully saturated rings. The van der Waals surface area contributed by atoms with Gasteiger partial charge in [-0.05, 0) is 23.6 Å². The van der Waals surface area contributed by atoms with Crippen LogP contribution in [0, 0.1) is 5.92 Å². The molecule has 2 atom stereocenters. The van der Waals surface area contributed by atoms with Crippen molar-refractivity contribution in [1.29, 1.82) is 0 Å². The number of aromatic nitrogens is 3. The minimum Gasteiger partial charge on any atom is -0.378 e. The highest BCUT2D eigenvalue weighted by atomic mass is 15.4. The van der Waals surface area contributed by atoms with Gasteiger partial charge in [0.2, 0.25) is 5.95 Å². The summed E-state index contributed by atoms with van der Waals surface area (Å²) in [6.07, 6.45) is 0.935. The SMILES string of the molecule is CC1Cc2nc(N)nn2CC1c1ccc(N(C)C)cc1. The number of hydrogen-bond donors (Lipinski definition) is 1. The van der Waals surface area contributed by atoms with Gasteiger partial charge in [-0.2, -0.15) is 4.98 Å². The van der Waals surface area contributed by atoms with E-state index in [4.69, 9.17) is 5.73 Å². The fourth-order valence-electron chi connectivity index (χ4n) is 2.94. The number of benzene rings is 1. The minimum absolute atomic E-state index is 0.385. The summed E-state index contributed by atoms with van der Waals surface area (Å²) in [6.45, 7) is 3.14. The zero-order valence-corrected chi connectivity index (χ0v) is 12.2. The van der Waals surface area contributed by atoms with E-state index in [-0.39, 0.29) is 0 Å². The van der Waals surface area contributed by atoms with Gasteiger partial charge in [0.1, 0.15) is 5.82 Å². The lowest BCUT2D eigenvalue weighted by molar-refractivity contribution is 0.330. The molecule has 1 aromatic heterocycles. The van der Waals surface area contributed by atoms with Crippen molar-refractivity contribution in [3.05, 3.63) is 35.7 Å². The van der Waals surface area contributed by atoms with Gasteiger partial charge in [0.05, 0.1) is 6.54 Å². The fourth-order valence-corrected chi connectivity index (χ4v) is 2.94. The summed E-state index contributed by atoms with van der Waals surface area (Å²) in [5.41, 5.74) is 8.28. The van der Waals surface area contributed by atoms with Gasteiger partial charge >= 0.3 is 0 Å². The number of anilines is 2. The Hall–Kier alpha value is -2.04. The molecule has 1 aliphatic heterocycles. The second-order valence-corrected chi connectivity index (χ2v) is 5.84. The number of rotatable bonds is 2. The van der Waals surface area contributed by atoms with Crippen molar-refractivity contribution in [3.63, 3.8) is 0 Å². The third kappa shape index (κ3) is 2.24. The maximum atomic E-state index is 5.69. The average Bonchev–Trinajstić information content (AvgIpc) is 2.77. The average molecular weight is 271 g/mol. The van der Waals surface area contributed by atoms with Crippen LogP contribution in [0.4, 0.5) is 11.6 Å². The summed E-state index contributed by atoms with van der Waals surface area (Å²) in [5, 5.41) is 4.28. The number of nitrogens with zero attached hydrogens (tertiary/aromatic N) is 4. The Labute approximate surface area is 119 Å². The van der Waals surface area contributed by atoms with Crippen LogP contribution in [0.5, 0.6) is 0 Å². The largest absolute Gasteiger partial charge is 0.378 e. The Balaban J connectivity index is 1.87.